The zero-order valence-electron chi connectivity index (χ0n) is 10.2. The summed E-state index contributed by atoms with van der Waals surface area (Å²) in [5.74, 6) is 0.137. The predicted octanol–water partition coefficient (Wildman–Crippen LogP) is 0.530. The molecule has 1 aromatic rings. The quantitative estimate of drug-likeness (QED) is 0.801. The van der Waals surface area contributed by atoms with Crippen LogP contribution in [0.5, 0.6) is 0 Å². The summed E-state index contributed by atoms with van der Waals surface area (Å²) in [5, 5.41) is 6.47. The highest BCUT2D eigenvalue weighted by Crippen LogP contribution is 2.08. The van der Waals surface area contributed by atoms with E-state index in [2.05, 4.69) is 22.5 Å². The smallest absolute Gasteiger partial charge is 0.222 e. The summed E-state index contributed by atoms with van der Waals surface area (Å²) in [5.41, 5.74) is 0. The van der Waals surface area contributed by atoms with Crippen LogP contribution in [0.2, 0.25) is 0 Å². The number of amides is 1. The van der Waals surface area contributed by atoms with Crippen molar-refractivity contribution in [3.05, 3.63) is 18.7 Å². The highest BCUT2D eigenvalue weighted by Gasteiger charge is 2.19. The van der Waals surface area contributed by atoms with Gasteiger partial charge in [0, 0.05) is 37.4 Å². The second kappa shape index (κ2) is 5.82. The average molecular weight is 236 g/mol. The lowest BCUT2D eigenvalue weighted by molar-refractivity contribution is -0.122. The molecule has 0 aromatic carbocycles. The van der Waals surface area contributed by atoms with E-state index >= 15 is 0 Å². The Bertz CT molecular complexity index is 349. The summed E-state index contributed by atoms with van der Waals surface area (Å²) in [6.45, 7) is 3.85. The SMILES string of the molecule is CC1CC(NC(=O)CCn2ccnc2)CCN1. The molecular formula is C12H20N4O. The minimum Gasteiger partial charge on any atom is -0.353 e. The Hall–Kier alpha value is -1.36. The average Bonchev–Trinajstić information content (AvgIpc) is 2.79. The fourth-order valence-electron chi connectivity index (χ4n) is 2.21. The minimum atomic E-state index is 0.137. The summed E-state index contributed by atoms with van der Waals surface area (Å²) in [7, 11) is 0. The van der Waals surface area contributed by atoms with Crippen molar-refractivity contribution in [1.82, 2.24) is 20.2 Å². The van der Waals surface area contributed by atoms with Gasteiger partial charge in [0.25, 0.3) is 0 Å². The largest absolute Gasteiger partial charge is 0.353 e. The first-order valence-corrected chi connectivity index (χ1v) is 6.22. The van der Waals surface area contributed by atoms with Crippen molar-refractivity contribution in [2.75, 3.05) is 6.54 Å². The number of nitrogens with one attached hydrogen (secondary N) is 2. The van der Waals surface area contributed by atoms with Gasteiger partial charge in [-0.05, 0) is 26.3 Å². The molecule has 0 radical (unpaired) electrons. The van der Waals surface area contributed by atoms with E-state index in [4.69, 9.17) is 0 Å². The number of nitrogens with zero attached hydrogens (tertiary/aromatic N) is 2. The molecular weight excluding hydrogens is 216 g/mol. The van der Waals surface area contributed by atoms with Gasteiger partial charge in [0.2, 0.25) is 5.91 Å². The number of carbonyl (C=O) groups is 1. The second-order valence-corrected chi connectivity index (χ2v) is 4.69. The van der Waals surface area contributed by atoms with Crippen LogP contribution in [-0.2, 0) is 11.3 Å². The van der Waals surface area contributed by atoms with Gasteiger partial charge in [-0.3, -0.25) is 4.79 Å². The predicted molar refractivity (Wildman–Crippen MR) is 65.5 cm³/mol. The molecule has 94 valence electrons. The minimum absolute atomic E-state index is 0.137. The Balaban J connectivity index is 1.70. The molecule has 17 heavy (non-hydrogen) atoms. The van der Waals surface area contributed by atoms with Gasteiger partial charge >= 0.3 is 0 Å². The molecule has 1 amide bonds. The van der Waals surface area contributed by atoms with Crippen LogP contribution < -0.4 is 10.6 Å². The fraction of sp³-hybridized carbons (Fsp3) is 0.667. The lowest BCUT2D eigenvalue weighted by Gasteiger charge is -2.28. The topological polar surface area (TPSA) is 59.0 Å². The van der Waals surface area contributed by atoms with Gasteiger partial charge in [-0.2, -0.15) is 0 Å². The number of carbonyl (C=O) groups excluding carboxylic acids is 1. The molecule has 1 fully saturated rings. The molecule has 0 aliphatic carbocycles. The molecule has 2 heterocycles. The molecule has 1 aliphatic rings. The van der Waals surface area contributed by atoms with Gasteiger partial charge in [-0.15, -0.1) is 0 Å². The van der Waals surface area contributed by atoms with Crippen molar-refractivity contribution in [2.24, 2.45) is 0 Å². The normalized spacial score (nSPS) is 24.5. The van der Waals surface area contributed by atoms with Crippen LogP contribution in [0.1, 0.15) is 26.2 Å². The fourth-order valence-corrected chi connectivity index (χ4v) is 2.21. The van der Waals surface area contributed by atoms with Crippen LogP contribution in [0.4, 0.5) is 0 Å². The van der Waals surface area contributed by atoms with Gasteiger partial charge in [-0.25, -0.2) is 4.98 Å². The number of imidazole rings is 1. The van der Waals surface area contributed by atoms with Crippen LogP contribution in [0, 0.1) is 0 Å². The molecule has 0 spiro atoms. The third-order valence-electron chi connectivity index (χ3n) is 3.15. The molecule has 0 bridgehead atoms. The first kappa shape index (κ1) is 12.1. The number of piperidine rings is 1. The summed E-state index contributed by atoms with van der Waals surface area (Å²) in [6, 6.07) is 0.837. The van der Waals surface area contributed by atoms with Crippen molar-refractivity contribution in [2.45, 2.75) is 44.8 Å². The molecule has 2 N–H and O–H groups in total. The number of rotatable bonds is 4. The second-order valence-electron chi connectivity index (χ2n) is 4.69. The van der Waals surface area contributed by atoms with Gasteiger partial charge < -0.3 is 15.2 Å². The van der Waals surface area contributed by atoms with Gasteiger partial charge in [0.05, 0.1) is 6.33 Å². The maximum atomic E-state index is 11.7. The molecule has 1 saturated heterocycles. The van der Waals surface area contributed by atoms with E-state index in [-0.39, 0.29) is 5.91 Å². The van der Waals surface area contributed by atoms with E-state index < -0.39 is 0 Å². The van der Waals surface area contributed by atoms with E-state index in [1.807, 2.05) is 10.8 Å². The lowest BCUT2D eigenvalue weighted by atomic mass is 10.0. The number of hydrogen-bond donors (Lipinski definition) is 2. The van der Waals surface area contributed by atoms with Crippen molar-refractivity contribution < 1.29 is 4.79 Å². The van der Waals surface area contributed by atoms with Crippen molar-refractivity contribution in [3.63, 3.8) is 0 Å². The molecule has 0 saturated carbocycles. The van der Waals surface area contributed by atoms with Gasteiger partial charge in [-0.1, -0.05) is 0 Å². The standard InChI is InChI=1S/C12H20N4O/c1-10-8-11(2-4-14-10)15-12(17)3-6-16-7-5-13-9-16/h5,7,9-11,14H,2-4,6,8H2,1H3,(H,15,17). The number of aromatic nitrogens is 2. The highest BCUT2D eigenvalue weighted by molar-refractivity contribution is 5.76. The lowest BCUT2D eigenvalue weighted by Crippen LogP contribution is -2.46. The Morgan fingerprint density at radius 2 is 2.53 bits per heavy atom. The molecule has 2 rings (SSSR count). The van der Waals surface area contributed by atoms with Crippen LogP contribution in [0.25, 0.3) is 0 Å². The van der Waals surface area contributed by atoms with E-state index in [9.17, 15) is 4.79 Å². The van der Waals surface area contributed by atoms with Gasteiger partial charge in [0.15, 0.2) is 0 Å². The highest BCUT2D eigenvalue weighted by atomic mass is 16.1. The van der Waals surface area contributed by atoms with Crippen LogP contribution in [0.3, 0.4) is 0 Å². The first-order chi connectivity index (χ1) is 8.24. The van der Waals surface area contributed by atoms with Gasteiger partial charge in [0.1, 0.15) is 0 Å². The van der Waals surface area contributed by atoms with Crippen LogP contribution >= 0.6 is 0 Å². The van der Waals surface area contributed by atoms with E-state index in [0.29, 0.717) is 25.0 Å². The number of hydrogen-bond acceptors (Lipinski definition) is 3. The van der Waals surface area contributed by atoms with Crippen LogP contribution in [-0.4, -0.2) is 34.1 Å². The monoisotopic (exact) mass is 236 g/mol. The zero-order valence-corrected chi connectivity index (χ0v) is 10.2. The molecule has 1 aliphatic heterocycles. The first-order valence-electron chi connectivity index (χ1n) is 6.22. The Kier molecular flexibility index (Phi) is 4.14. The van der Waals surface area contributed by atoms with E-state index in [1.165, 1.54) is 0 Å². The molecule has 1 aromatic heterocycles. The molecule has 5 heteroatoms. The van der Waals surface area contributed by atoms with Crippen molar-refractivity contribution in [1.29, 1.82) is 0 Å². The maximum absolute atomic E-state index is 11.7. The molecule has 2 atom stereocenters. The summed E-state index contributed by atoms with van der Waals surface area (Å²) in [4.78, 5) is 15.7. The Morgan fingerprint density at radius 1 is 1.65 bits per heavy atom. The van der Waals surface area contributed by atoms with Crippen molar-refractivity contribution >= 4 is 5.91 Å². The third-order valence-corrected chi connectivity index (χ3v) is 3.15. The molecule has 2 unspecified atom stereocenters. The maximum Gasteiger partial charge on any atom is 0.222 e. The zero-order chi connectivity index (χ0) is 12.1. The van der Waals surface area contributed by atoms with Crippen molar-refractivity contribution in [3.8, 4) is 0 Å². The third kappa shape index (κ3) is 3.85. The Morgan fingerprint density at radius 3 is 3.24 bits per heavy atom. The van der Waals surface area contributed by atoms with Crippen LogP contribution in [0.15, 0.2) is 18.7 Å². The summed E-state index contributed by atoms with van der Waals surface area (Å²) >= 11 is 0. The van der Waals surface area contributed by atoms with E-state index in [1.54, 1.807) is 12.5 Å². The summed E-state index contributed by atoms with van der Waals surface area (Å²) in [6.07, 6.45) is 7.92. The number of aryl methyl sites for hydroxylation is 1. The Labute approximate surface area is 102 Å². The summed E-state index contributed by atoms with van der Waals surface area (Å²) < 4.78 is 1.92. The molecule has 5 nitrogen and oxygen atoms in total. The van der Waals surface area contributed by atoms with E-state index in [0.717, 1.165) is 19.4 Å².